The number of nitrogens with one attached hydrogen (secondary N) is 1. The Morgan fingerprint density at radius 1 is 1.35 bits per heavy atom. The van der Waals surface area contributed by atoms with Crippen LogP contribution in [0.2, 0.25) is 0 Å². The van der Waals surface area contributed by atoms with Gasteiger partial charge in [0.1, 0.15) is 5.75 Å². The zero-order chi connectivity index (χ0) is 14.2. The van der Waals surface area contributed by atoms with Crippen molar-refractivity contribution in [2.75, 3.05) is 53.6 Å². The molecule has 0 saturated carbocycles. The van der Waals surface area contributed by atoms with Crippen molar-refractivity contribution in [2.24, 2.45) is 0 Å². The van der Waals surface area contributed by atoms with Gasteiger partial charge in [-0.2, -0.15) is 0 Å². The molecule has 0 spiro atoms. The van der Waals surface area contributed by atoms with Gasteiger partial charge in [0.2, 0.25) is 0 Å². The van der Waals surface area contributed by atoms with E-state index in [4.69, 9.17) is 9.47 Å². The third-order valence-corrected chi connectivity index (χ3v) is 3.82. The molecule has 1 aliphatic heterocycles. The first kappa shape index (κ1) is 15.3. The number of rotatable bonds is 8. The molecule has 1 heterocycles. The zero-order valence-electron chi connectivity index (χ0n) is 12.6. The van der Waals surface area contributed by atoms with Crippen molar-refractivity contribution in [1.29, 1.82) is 0 Å². The van der Waals surface area contributed by atoms with E-state index in [1.807, 2.05) is 6.07 Å². The number of ether oxygens (including phenoxy) is 2. The monoisotopic (exact) mass is 278 g/mol. The highest BCUT2D eigenvalue weighted by Crippen LogP contribution is 2.32. The molecule has 0 bridgehead atoms. The second-order valence-corrected chi connectivity index (χ2v) is 5.37. The number of hydrogen-bond acceptors (Lipinski definition) is 4. The van der Waals surface area contributed by atoms with Crippen molar-refractivity contribution in [3.63, 3.8) is 0 Å². The van der Waals surface area contributed by atoms with Crippen LogP contribution in [0.3, 0.4) is 0 Å². The fourth-order valence-electron chi connectivity index (χ4n) is 2.53. The molecule has 2 rings (SSSR count). The maximum Gasteiger partial charge on any atom is 0.122 e. The van der Waals surface area contributed by atoms with E-state index in [1.165, 1.54) is 5.56 Å². The van der Waals surface area contributed by atoms with E-state index >= 15 is 0 Å². The largest absolute Gasteiger partial charge is 0.493 e. The van der Waals surface area contributed by atoms with Gasteiger partial charge >= 0.3 is 0 Å². The first-order valence-electron chi connectivity index (χ1n) is 7.41. The van der Waals surface area contributed by atoms with Crippen LogP contribution in [0, 0.1) is 0 Å². The average molecular weight is 278 g/mol. The van der Waals surface area contributed by atoms with Crippen LogP contribution >= 0.6 is 0 Å². The quantitative estimate of drug-likeness (QED) is 0.734. The first-order chi connectivity index (χ1) is 9.81. The van der Waals surface area contributed by atoms with Crippen LogP contribution < -0.4 is 10.1 Å². The van der Waals surface area contributed by atoms with E-state index in [0.717, 1.165) is 51.6 Å². The van der Waals surface area contributed by atoms with E-state index in [9.17, 15) is 0 Å². The fraction of sp³-hybridized carbons (Fsp3) is 0.625. The molecule has 0 fully saturated rings. The number of benzene rings is 1. The van der Waals surface area contributed by atoms with Crippen LogP contribution in [-0.4, -0.2) is 58.5 Å². The van der Waals surface area contributed by atoms with E-state index in [-0.39, 0.29) is 0 Å². The predicted octanol–water partition coefficient (Wildman–Crippen LogP) is 1.72. The smallest absolute Gasteiger partial charge is 0.122 e. The number of methoxy groups -OCH3 is 1. The molecule has 1 N–H and O–H groups in total. The minimum atomic E-state index is 0.573. The molecule has 0 aliphatic carbocycles. The van der Waals surface area contributed by atoms with Crippen molar-refractivity contribution >= 4 is 0 Å². The Morgan fingerprint density at radius 3 is 3.05 bits per heavy atom. The lowest BCUT2D eigenvalue weighted by molar-refractivity contribution is 0.161. The summed E-state index contributed by atoms with van der Waals surface area (Å²) >= 11 is 0. The standard InChI is InChI=1S/C16H26N2O2/c1-18(10-12-19-2)9-8-17-13-14-7-11-20-16-6-4-3-5-15(14)16/h3-6,14,17H,7-13H2,1-2H3. The lowest BCUT2D eigenvalue weighted by Crippen LogP contribution is -2.34. The van der Waals surface area contributed by atoms with E-state index < -0.39 is 0 Å². The maximum absolute atomic E-state index is 5.69. The summed E-state index contributed by atoms with van der Waals surface area (Å²) < 4.78 is 10.8. The van der Waals surface area contributed by atoms with Crippen LogP contribution in [0.1, 0.15) is 17.9 Å². The van der Waals surface area contributed by atoms with Gasteiger partial charge in [-0.05, 0) is 25.1 Å². The molecule has 0 saturated heterocycles. The Kier molecular flexibility index (Phi) is 6.30. The lowest BCUT2D eigenvalue weighted by Gasteiger charge is -2.26. The Labute approximate surface area is 122 Å². The summed E-state index contributed by atoms with van der Waals surface area (Å²) in [5.74, 6) is 1.63. The molecule has 112 valence electrons. The Hall–Kier alpha value is -1.10. The normalized spacial score (nSPS) is 17.9. The van der Waals surface area contributed by atoms with Gasteiger partial charge in [-0.1, -0.05) is 18.2 Å². The summed E-state index contributed by atoms with van der Waals surface area (Å²) in [4.78, 5) is 2.29. The number of para-hydroxylation sites is 1. The topological polar surface area (TPSA) is 33.7 Å². The molecule has 0 amide bonds. The zero-order valence-corrected chi connectivity index (χ0v) is 12.6. The molecule has 20 heavy (non-hydrogen) atoms. The highest BCUT2D eigenvalue weighted by Gasteiger charge is 2.20. The van der Waals surface area contributed by atoms with Gasteiger partial charge in [0.15, 0.2) is 0 Å². The summed E-state index contributed by atoms with van der Waals surface area (Å²) in [6.45, 7) is 5.70. The van der Waals surface area contributed by atoms with Crippen LogP contribution in [-0.2, 0) is 4.74 Å². The van der Waals surface area contributed by atoms with Gasteiger partial charge in [0.25, 0.3) is 0 Å². The average Bonchev–Trinajstić information content (AvgIpc) is 2.49. The third kappa shape index (κ3) is 4.47. The SMILES string of the molecule is COCCN(C)CCNCC1CCOc2ccccc21. The Morgan fingerprint density at radius 2 is 2.20 bits per heavy atom. The van der Waals surface area contributed by atoms with Crippen LogP contribution in [0.4, 0.5) is 0 Å². The lowest BCUT2D eigenvalue weighted by atomic mass is 9.93. The molecule has 1 unspecified atom stereocenters. The second-order valence-electron chi connectivity index (χ2n) is 5.37. The summed E-state index contributed by atoms with van der Waals surface area (Å²) in [5, 5.41) is 3.57. The molecular formula is C16H26N2O2. The highest BCUT2D eigenvalue weighted by atomic mass is 16.5. The van der Waals surface area contributed by atoms with Crippen LogP contribution in [0.15, 0.2) is 24.3 Å². The van der Waals surface area contributed by atoms with Gasteiger partial charge in [0.05, 0.1) is 13.2 Å². The van der Waals surface area contributed by atoms with Gasteiger partial charge in [-0.25, -0.2) is 0 Å². The third-order valence-electron chi connectivity index (χ3n) is 3.82. The molecule has 4 nitrogen and oxygen atoms in total. The minimum Gasteiger partial charge on any atom is -0.493 e. The molecular weight excluding hydrogens is 252 g/mol. The van der Waals surface area contributed by atoms with Crippen molar-refractivity contribution in [1.82, 2.24) is 10.2 Å². The molecule has 4 heteroatoms. The van der Waals surface area contributed by atoms with Crippen molar-refractivity contribution in [2.45, 2.75) is 12.3 Å². The minimum absolute atomic E-state index is 0.573. The van der Waals surface area contributed by atoms with Crippen molar-refractivity contribution < 1.29 is 9.47 Å². The summed E-state index contributed by atoms with van der Waals surface area (Å²) in [5.41, 5.74) is 1.35. The van der Waals surface area contributed by atoms with Crippen molar-refractivity contribution in [3.8, 4) is 5.75 Å². The van der Waals surface area contributed by atoms with E-state index in [2.05, 4.69) is 35.5 Å². The van der Waals surface area contributed by atoms with Crippen LogP contribution in [0.25, 0.3) is 0 Å². The number of likely N-dealkylation sites (N-methyl/N-ethyl adjacent to an activating group) is 1. The van der Waals surface area contributed by atoms with Gasteiger partial charge in [-0.15, -0.1) is 0 Å². The van der Waals surface area contributed by atoms with Crippen molar-refractivity contribution in [3.05, 3.63) is 29.8 Å². The first-order valence-corrected chi connectivity index (χ1v) is 7.41. The maximum atomic E-state index is 5.69. The van der Waals surface area contributed by atoms with E-state index in [1.54, 1.807) is 7.11 Å². The fourth-order valence-corrected chi connectivity index (χ4v) is 2.53. The molecule has 1 atom stereocenters. The number of hydrogen-bond donors (Lipinski definition) is 1. The van der Waals surface area contributed by atoms with Gasteiger partial charge in [0, 0.05) is 39.2 Å². The summed E-state index contributed by atoms with van der Waals surface area (Å²) in [7, 11) is 3.87. The number of fused-ring (bicyclic) bond motifs is 1. The molecule has 0 aromatic heterocycles. The second kappa shape index (κ2) is 8.25. The van der Waals surface area contributed by atoms with E-state index in [0.29, 0.717) is 5.92 Å². The Balaban J connectivity index is 1.70. The molecule has 0 radical (unpaired) electrons. The number of nitrogens with zero attached hydrogens (tertiary/aromatic N) is 1. The predicted molar refractivity (Wildman–Crippen MR) is 81.5 cm³/mol. The Bertz CT molecular complexity index is 398. The van der Waals surface area contributed by atoms with Gasteiger partial charge in [-0.3, -0.25) is 0 Å². The highest BCUT2D eigenvalue weighted by molar-refractivity contribution is 5.37. The molecule has 1 aromatic rings. The molecule has 1 aromatic carbocycles. The van der Waals surface area contributed by atoms with Gasteiger partial charge < -0.3 is 19.7 Å². The molecule has 1 aliphatic rings. The summed E-state index contributed by atoms with van der Waals surface area (Å²) in [6, 6.07) is 8.39. The van der Waals surface area contributed by atoms with Crippen LogP contribution in [0.5, 0.6) is 5.75 Å². The summed E-state index contributed by atoms with van der Waals surface area (Å²) in [6.07, 6.45) is 1.10.